The highest BCUT2D eigenvalue weighted by Gasteiger charge is 2.35. The molecule has 2 N–H and O–H groups in total. The van der Waals surface area contributed by atoms with E-state index in [9.17, 15) is 15.2 Å². The van der Waals surface area contributed by atoms with Gasteiger partial charge < -0.3 is 10.4 Å². The number of hydrogen-bond acceptors (Lipinski definition) is 5. The normalized spacial score (nSPS) is 17.1. The second kappa shape index (κ2) is 6.43. The first kappa shape index (κ1) is 15.8. The summed E-state index contributed by atoms with van der Waals surface area (Å²) in [5, 5.41) is 28.4. The Labute approximate surface area is 124 Å². The van der Waals surface area contributed by atoms with E-state index in [1.165, 1.54) is 0 Å². The van der Waals surface area contributed by atoms with E-state index in [-0.39, 0.29) is 22.6 Å². The summed E-state index contributed by atoms with van der Waals surface area (Å²) in [6.07, 6.45) is 5.55. The number of aliphatic hydroxyl groups excluding tert-OH is 1. The van der Waals surface area contributed by atoms with Crippen molar-refractivity contribution >= 4 is 11.5 Å². The average molecular weight is 296 g/mol. The molecule has 0 atom stereocenters. The van der Waals surface area contributed by atoms with Gasteiger partial charge in [0.25, 0.3) is 0 Å². The lowest BCUT2D eigenvalue weighted by molar-refractivity contribution is -0.384. The van der Waals surface area contributed by atoms with Crippen molar-refractivity contribution in [2.45, 2.75) is 45.4 Å². The van der Waals surface area contributed by atoms with Crippen LogP contribution in [0.15, 0.2) is 0 Å². The van der Waals surface area contributed by atoms with Crippen LogP contribution in [0.2, 0.25) is 0 Å². The van der Waals surface area contributed by atoms with Gasteiger partial charge in [0.15, 0.2) is 0 Å². The van der Waals surface area contributed by atoms with Gasteiger partial charge in [-0.2, -0.15) is 5.10 Å². The number of anilines is 1. The Morgan fingerprint density at radius 3 is 2.67 bits per heavy atom. The molecule has 0 radical (unpaired) electrons. The quantitative estimate of drug-likeness (QED) is 0.594. The zero-order valence-electron chi connectivity index (χ0n) is 12.8. The fraction of sp³-hybridized carbons (Fsp3) is 0.786. The van der Waals surface area contributed by atoms with Gasteiger partial charge in [0.05, 0.1) is 11.5 Å². The molecule has 7 heteroatoms. The molecule has 1 aliphatic carbocycles. The van der Waals surface area contributed by atoms with Crippen LogP contribution >= 0.6 is 0 Å². The molecule has 1 fully saturated rings. The summed E-state index contributed by atoms with van der Waals surface area (Å²) >= 11 is 0. The van der Waals surface area contributed by atoms with Crippen LogP contribution in [0.1, 0.15) is 44.7 Å². The Kier molecular flexibility index (Phi) is 4.82. The largest absolute Gasteiger partial charge is 0.396 e. The van der Waals surface area contributed by atoms with E-state index in [1.54, 1.807) is 11.7 Å². The summed E-state index contributed by atoms with van der Waals surface area (Å²) < 4.78 is 1.54. The van der Waals surface area contributed by atoms with Gasteiger partial charge in [0.2, 0.25) is 5.82 Å². The molecule has 0 aliphatic heterocycles. The highest BCUT2D eigenvalue weighted by molar-refractivity contribution is 5.60. The third kappa shape index (κ3) is 3.18. The maximum Gasteiger partial charge on any atom is 0.333 e. The highest BCUT2D eigenvalue weighted by atomic mass is 16.6. The molecule has 0 aromatic carbocycles. The molecule has 0 spiro atoms. The zero-order valence-corrected chi connectivity index (χ0v) is 12.8. The lowest BCUT2D eigenvalue weighted by Gasteiger charge is -2.26. The molecule has 2 rings (SSSR count). The monoisotopic (exact) mass is 296 g/mol. The van der Waals surface area contributed by atoms with Crippen LogP contribution in [0.3, 0.4) is 0 Å². The molecule has 118 valence electrons. The standard InChI is InChI=1S/C14H24N4O3/c1-3-6-11-12(18(20)21)13(17(2)16-11)15-9-14(10-19)7-4-5-8-14/h15,19H,3-10H2,1-2H3. The van der Waals surface area contributed by atoms with E-state index in [0.717, 1.165) is 32.1 Å². The van der Waals surface area contributed by atoms with Gasteiger partial charge in [-0.1, -0.05) is 26.2 Å². The van der Waals surface area contributed by atoms with Crippen molar-refractivity contribution in [3.05, 3.63) is 15.8 Å². The van der Waals surface area contributed by atoms with E-state index in [4.69, 9.17) is 0 Å². The smallest absolute Gasteiger partial charge is 0.333 e. The van der Waals surface area contributed by atoms with E-state index < -0.39 is 0 Å². The molecule has 7 nitrogen and oxygen atoms in total. The summed E-state index contributed by atoms with van der Waals surface area (Å²) in [7, 11) is 1.72. The highest BCUT2D eigenvalue weighted by Crippen LogP contribution is 2.38. The van der Waals surface area contributed by atoms with Gasteiger partial charge in [-0.05, 0) is 19.3 Å². The number of aryl methyl sites for hydroxylation is 2. The summed E-state index contributed by atoms with van der Waals surface area (Å²) in [5.74, 6) is 0.447. The molecule has 1 aliphatic rings. The van der Waals surface area contributed by atoms with Crippen LogP contribution in [0, 0.1) is 15.5 Å². The Morgan fingerprint density at radius 2 is 2.14 bits per heavy atom. The average Bonchev–Trinajstić information content (AvgIpc) is 3.02. The van der Waals surface area contributed by atoms with Gasteiger partial charge >= 0.3 is 5.69 Å². The molecule has 1 aromatic heterocycles. The number of aliphatic hydroxyl groups is 1. The van der Waals surface area contributed by atoms with Crippen molar-refractivity contribution in [1.82, 2.24) is 9.78 Å². The van der Waals surface area contributed by atoms with E-state index in [2.05, 4.69) is 10.4 Å². The summed E-state index contributed by atoms with van der Waals surface area (Å²) in [6, 6.07) is 0. The lowest BCUT2D eigenvalue weighted by atomic mass is 9.87. The molecule has 0 saturated heterocycles. The van der Waals surface area contributed by atoms with E-state index in [1.807, 2.05) is 6.92 Å². The van der Waals surface area contributed by atoms with Crippen LogP contribution in [-0.2, 0) is 13.5 Å². The third-order valence-electron chi connectivity index (χ3n) is 4.39. The Morgan fingerprint density at radius 1 is 1.48 bits per heavy atom. The van der Waals surface area contributed by atoms with Crippen molar-refractivity contribution in [1.29, 1.82) is 0 Å². The Bertz CT molecular complexity index is 507. The third-order valence-corrected chi connectivity index (χ3v) is 4.39. The first-order chi connectivity index (χ1) is 10.0. The number of nitrogens with zero attached hydrogens (tertiary/aromatic N) is 3. The van der Waals surface area contributed by atoms with Crippen molar-refractivity contribution in [2.24, 2.45) is 12.5 Å². The topological polar surface area (TPSA) is 93.2 Å². The number of nitrogens with one attached hydrogen (secondary N) is 1. The molecular weight excluding hydrogens is 272 g/mol. The van der Waals surface area contributed by atoms with Crippen LogP contribution in [0.5, 0.6) is 0 Å². The number of hydrogen-bond donors (Lipinski definition) is 2. The molecule has 1 saturated carbocycles. The molecular formula is C14H24N4O3. The molecule has 1 heterocycles. The number of rotatable bonds is 7. The fourth-order valence-corrected chi connectivity index (χ4v) is 3.15. The van der Waals surface area contributed by atoms with Gasteiger partial charge in [-0.25, -0.2) is 4.68 Å². The maximum absolute atomic E-state index is 11.3. The van der Waals surface area contributed by atoms with Crippen molar-refractivity contribution in [3.63, 3.8) is 0 Å². The van der Waals surface area contributed by atoms with Crippen molar-refractivity contribution in [3.8, 4) is 0 Å². The minimum atomic E-state index is -0.361. The molecule has 1 aromatic rings. The summed E-state index contributed by atoms with van der Waals surface area (Å²) in [6.45, 7) is 2.65. The number of nitro groups is 1. The molecule has 0 bridgehead atoms. The second-order valence-electron chi connectivity index (χ2n) is 5.99. The summed E-state index contributed by atoms with van der Waals surface area (Å²) in [5.41, 5.74) is 0.450. The Balaban J connectivity index is 2.21. The first-order valence-corrected chi connectivity index (χ1v) is 7.58. The summed E-state index contributed by atoms with van der Waals surface area (Å²) in [4.78, 5) is 11.0. The van der Waals surface area contributed by atoms with E-state index in [0.29, 0.717) is 24.5 Å². The number of aromatic nitrogens is 2. The van der Waals surface area contributed by atoms with Crippen LogP contribution < -0.4 is 5.32 Å². The van der Waals surface area contributed by atoms with Gasteiger partial charge in [0, 0.05) is 19.0 Å². The minimum absolute atomic E-state index is 0.0745. The Hall–Kier alpha value is -1.63. The molecule has 0 unspecified atom stereocenters. The predicted octanol–water partition coefficient (Wildman–Crippen LogP) is 2.25. The lowest BCUT2D eigenvalue weighted by Crippen LogP contribution is -2.31. The van der Waals surface area contributed by atoms with Gasteiger partial charge in [-0.15, -0.1) is 0 Å². The first-order valence-electron chi connectivity index (χ1n) is 7.58. The predicted molar refractivity (Wildman–Crippen MR) is 80.3 cm³/mol. The molecule has 0 amide bonds. The fourth-order valence-electron chi connectivity index (χ4n) is 3.15. The van der Waals surface area contributed by atoms with Crippen LogP contribution in [0.25, 0.3) is 0 Å². The zero-order chi connectivity index (χ0) is 15.5. The van der Waals surface area contributed by atoms with Gasteiger partial charge in [-0.3, -0.25) is 10.1 Å². The second-order valence-corrected chi connectivity index (χ2v) is 5.99. The van der Waals surface area contributed by atoms with Crippen molar-refractivity contribution < 1.29 is 10.0 Å². The van der Waals surface area contributed by atoms with Crippen molar-refractivity contribution in [2.75, 3.05) is 18.5 Å². The SMILES string of the molecule is CCCc1nn(C)c(NCC2(CO)CCCC2)c1[N+](=O)[O-]. The van der Waals surface area contributed by atoms with E-state index >= 15 is 0 Å². The van der Waals surface area contributed by atoms with Gasteiger partial charge in [0.1, 0.15) is 5.69 Å². The molecule has 21 heavy (non-hydrogen) atoms. The van der Waals surface area contributed by atoms with Crippen LogP contribution in [0.4, 0.5) is 11.5 Å². The maximum atomic E-state index is 11.3. The minimum Gasteiger partial charge on any atom is -0.396 e. The van der Waals surface area contributed by atoms with Crippen LogP contribution in [-0.4, -0.2) is 33.0 Å².